The molecule has 0 spiro atoms. The molecule has 143 valence electrons. The number of rotatable bonds is 1. The molecule has 3 atom stereocenters. The van der Waals surface area contributed by atoms with Crippen LogP contribution in [0.25, 0.3) is 16.7 Å². The number of hydrogen-bond donors (Lipinski definition) is 0. The molecule has 0 aromatic heterocycles. The molecule has 0 amide bonds. The molecule has 0 saturated heterocycles. The number of hydrogen-bond acceptors (Lipinski definition) is 0. The molecule has 0 nitrogen and oxygen atoms in total. The van der Waals surface area contributed by atoms with E-state index in [4.69, 9.17) is 11.1 Å². The summed E-state index contributed by atoms with van der Waals surface area (Å²) in [6.45, 7) is 11.6. The Balaban J connectivity index is 0.00000112. The minimum absolute atomic E-state index is 0. The first-order valence-corrected chi connectivity index (χ1v) is 14.3. The SMILES string of the molecule is CC1=C(C)C(C)C(c2cc3c(c4c2[Si]4(C)Cl)[CH]([Zr+2])c2ccccc2-3)=C1C.[Cl-].[Cl-]. The van der Waals surface area contributed by atoms with Crippen molar-refractivity contribution in [3.8, 4) is 11.1 Å². The van der Waals surface area contributed by atoms with Gasteiger partial charge in [0.25, 0.3) is 0 Å². The van der Waals surface area contributed by atoms with Gasteiger partial charge in [-0.05, 0) is 0 Å². The predicted octanol–water partition coefficient (Wildman–Crippen LogP) is -0.687. The van der Waals surface area contributed by atoms with Crippen molar-refractivity contribution in [3.05, 3.63) is 63.7 Å². The minimum Gasteiger partial charge on any atom is -1.00 e. The molecule has 5 heteroatoms. The molecule has 5 rings (SSSR count). The summed E-state index contributed by atoms with van der Waals surface area (Å²) in [6.07, 6.45) is 0. The fourth-order valence-electron chi connectivity index (χ4n) is 5.24. The maximum atomic E-state index is 7.19. The zero-order valence-corrected chi connectivity index (χ0v) is 22.4. The molecule has 3 unspecified atom stereocenters. The normalized spacial score (nSPS) is 26.4. The summed E-state index contributed by atoms with van der Waals surface area (Å²) < 4.78 is 0.557. The van der Waals surface area contributed by atoms with Crippen LogP contribution in [-0.4, -0.2) is 7.38 Å². The summed E-state index contributed by atoms with van der Waals surface area (Å²) in [5.74, 6) is 0.499. The maximum absolute atomic E-state index is 7.19. The Labute approximate surface area is 201 Å². The van der Waals surface area contributed by atoms with Crippen molar-refractivity contribution >= 4 is 34.4 Å². The molecular weight excluding hydrogens is 502 g/mol. The van der Waals surface area contributed by atoms with Crippen LogP contribution in [0.2, 0.25) is 6.55 Å². The summed E-state index contributed by atoms with van der Waals surface area (Å²) in [5, 5.41) is 3.08. The molecule has 0 bridgehead atoms. The zero-order valence-electron chi connectivity index (χ0n) is 16.7. The van der Waals surface area contributed by atoms with Gasteiger partial charge in [-0.3, -0.25) is 0 Å². The fourth-order valence-corrected chi connectivity index (χ4v) is 11.3. The van der Waals surface area contributed by atoms with E-state index in [0.717, 1.165) is 0 Å². The third-order valence-electron chi connectivity index (χ3n) is 7.03. The summed E-state index contributed by atoms with van der Waals surface area (Å²) in [4.78, 5) is 0. The van der Waals surface area contributed by atoms with Crippen LogP contribution in [0.3, 0.4) is 0 Å². The average Bonchev–Trinajstić information content (AvgIpc) is 3.00. The molecule has 0 saturated carbocycles. The van der Waals surface area contributed by atoms with E-state index in [0.29, 0.717) is 9.54 Å². The summed E-state index contributed by atoms with van der Waals surface area (Å²) in [6, 6.07) is 11.5. The Kier molecular flexibility index (Phi) is 5.84. The zero-order chi connectivity index (χ0) is 18.5. The average molecular weight is 524 g/mol. The second kappa shape index (κ2) is 7.24. The third kappa shape index (κ3) is 2.71. The largest absolute Gasteiger partial charge is 1.00 e. The molecule has 2 aromatic carbocycles. The van der Waals surface area contributed by atoms with Crippen molar-refractivity contribution in [1.29, 1.82) is 0 Å². The van der Waals surface area contributed by atoms with E-state index in [-0.39, 0.29) is 24.8 Å². The van der Waals surface area contributed by atoms with Gasteiger partial charge in [0.15, 0.2) is 0 Å². The monoisotopic (exact) mass is 521 g/mol. The van der Waals surface area contributed by atoms with E-state index in [9.17, 15) is 0 Å². The fraction of sp³-hybridized carbons (Fsp3) is 0.304. The molecular formula is C23H22Cl3SiZr. The van der Waals surface area contributed by atoms with Crippen LogP contribution in [0.5, 0.6) is 0 Å². The van der Waals surface area contributed by atoms with E-state index >= 15 is 0 Å². The molecule has 2 aliphatic carbocycles. The maximum Gasteiger partial charge on any atom is -1.00 e. The van der Waals surface area contributed by atoms with Crippen molar-refractivity contribution in [1.82, 2.24) is 0 Å². The van der Waals surface area contributed by atoms with Crippen LogP contribution in [0.4, 0.5) is 0 Å². The molecule has 28 heavy (non-hydrogen) atoms. The van der Waals surface area contributed by atoms with E-state index in [2.05, 4.69) is 64.6 Å². The third-order valence-corrected chi connectivity index (χ3v) is 12.3. The van der Waals surface area contributed by atoms with Crippen LogP contribution in [0, 0.1) is 5.92 Å². The summed E-state index contributed by atoms with van der Waals surface area (Å²) in [5.41, 5.74) is 13.4. The molecule has 1 heterocycles. The van der Waals surface area contributed by atoms with Crippen molar-refractivity contribution in [2.45, 2.75) is 37.9 Å². The van der Waals surface area contributed by atoms with Gasteiger partial charge in [0.2, 0.25) is 0 Å². The van der Waals surface area contributed by atoms with E-state index in [1.54, 1.807) is 35.5 Å². The molecule has 1 aliphatic heterocycles. The molecule has 2 aromatic rings. The molecule has 0 fully saturated rings. The predicted molar refractivity (Wildman–Crippen MR) is 111 cm³/mol. The van der Waals surface area contributed by atoms with Gasteiger partial charge >= 0.3 is 178 Å². The topological polar surface area (TPSA) is 0 Å². The molecule has 0 N–H and O–H groups in total. The van der Waals surface area contributed by atoms with Crippen molar-refractivity contribution in [2.24, 2.45) is 5.92 Å². The first-order valence-electron chi connectivity index (χ1n) is 9.36. The summed E-state index contributed by atoms with van der Waals surface area (Å²) in [7, 11) is -1.92. The van der Waals surface area contributed by atoms with Crippen LogP contribution in [-0.2, 0) is 24.7 Å². The minimum atomic E-state index is -1.92. The number of allylic oxidation sites excluding steroid dienone is 4. The van der Waals surface area contributed by atoms with Gasteiger partial charge < -0.3 is 24.8 Å². The van der Waals surface area contributed by atoms with Crippen LogP contribution < -0.4 is 35.2 Å². The second-order valence-corrected chi connectivity index (χ2v) is 14.9. The van der Waals surface area contributed by atoms with E-state index in [1.165, 1.54) is 49.7 Å². The van der Waals surface area contributed by atoms with Gasteiger partial charge in [-0.25, -0.2) is 0 Å². The van der Waals surface area contributed by atoms with Gasteiger partial charge in [0.05, 0.1) is 0 Å². The Morgan fingerprint density at radius 2 is 1.57 bits per heavy atom. The van der Waals surface area contributed by atoms with Gasteiger partial charge in [-0.1, -0.05) is 0 Å². The smallest absolute Gasteiger partial charge is 1.00 e. The van der Waals surface area contributed by atoms with Crippen LogP contribution in [0.15, 0.2) is 47.1 Å². The molecule has 0 radical (unpaired) electrons. The quantitative estimate of drug-likeness (QED) is 0.343. The van der Waals surface area contributed by atoms with E-state index in [1.807, 2.05) is 0 Å². The van der Waals surface area contributed by atoms with Gasteiger partial charge in [-0.15, -0.1) is 0 Å². The van der Waals surface area contributed by atoms with Gasteiger partial charge in [0, 0.05) is 0 Å². The van der Waals surface area contributed by atoms with Gasteiger partial charge in [0.1, 0.15) is 0 Å². The summed E-state index contributed by atoms with van der Waals surface area (Å²) >= 11 is 8.77. The van der Waals surface area contributed by atoms with Crippen LogP contribution >= 0.6 is 11.1 Å². The Bertz CT molecular complexity index is 1080. The standard InChI is InChI=1S/C23H22ClSi.2ClH.Zr/c1-12-13(2)15(4)21(14(12)3)20-11-18-17-9-7-6-8-16(17)10-19(18)22-23(20)25(22,5)24;;;/h6-11,14H,1-5H3;2*1H;/q;;;+2/p-2. The first-order chi connectivity index (χ1) is 12.3. The van der Waals surface area contributed by atoms with Crippen molar-refractivity contribution in [3.63, 3.8) is 0 Å². The van der Waals surface area contributed by atoms with Gasteiger partial charge in [-0.2, -0.15) is 0 Å². The van der Waals surface area contributed by atoms with E-state index < -0.39 is 7.38 Å². The second-order valence-electron chi connectivity index (χ2n) is 8.23. The number of halogens is 3. The van der Waals surface area contributed by atoms with Crippen molar-refractivity contribution in [2.75, 3.05) is 0 Å². The van der Waals surface area contributed by atoms with Crippen LogP contribution in [0.1, 0.15) is 48.0 Å². The Hall–Kier alpha value is -0.110. The molecule has 3 aliphatic rings. The number of fused-ring (bicyclic) bond motifs is 5. The number of benzene rings is 2. The Morgan fingerprint density at radius 3 is 2.18 bits per heavy atom. The first kappa shape index (κ1) is 22.6. The van der Waals surface area contributed by atoms with Crippen molar-refractivity contribution < 1.29 is 49.5 Å². The Morgan fingerprint density at radius 1 is 0.929 bits per heavy atom.